The quantitative estimate of drug-likeness (QED) is 0.500. The van der Waals surface area contributed by atoms with Crippen LogP contribution in [0.25, 0.3) is 0 Å². The minimum absolute atomic E-state index is 0.0538. The van der Waals surface area contributed by atoms with Gasteiger partial charge >= 0.3 is 5.97 Å². The normalized spacial score (nSPS) is 13.1. The highest BCUT2D eigenvalue weighted by molar-refractivity contribution is 5.87. The minimum atomic E-state index is -1.22. The van der Waals surface area contributed by atoms with Crippen LogP contribution in [0.3, 0.4) is 0 Å². The van der Waals surface area contributed by atoms with Gasteiger partial charge in [0.05, 0.1) is 6.04 Å². The van der Waals surface area contributed by atoms with Gasteiger partial charge in [-0.1, -0.05) is 30.3 Å². The van der Waals surface area contributed by atoms with Crippen LogP contribution in [0.4, 0.5) is 0 Å². The van der Waals surface area contributed by atoms with E-state index in [0.29, 0.717) is 12.8 Å². The van der Waals surface area contributed by atoms with Crippen molar-refractivity contribution in [2.75, 3.05) is 0 Å². The summed E-state index contributed by atoms with van der Waals surface area (Å²) in [6.07, 6.45) is 0.852. The van der Waals surface area contributed by atoms with Crippen molar-refractivity contribution in [3.05, 3.63) is 35.9 Å². The fourth-order valence-corrected chi connectivity index (χ4v) is 1.92. The molecule has 7 heteroatoms. The van der Waals surface area contributed by atoms with Crippen LogP contribution in [0.2, 0.25) is 0 Å². The average molecular weight is 307 g/mol. The van der Waals surface area contributed by atoms with Gasteiger partial charge in [-0.2, -0.15) is 0 Å². The molecule has 7 nitrogen and oxygen atoms in total. The molecule has 0 aliphatic rings. The Kier molecular flexibility index (Phi) is 7.04. The van der Waals surface area contributed by atoms with E-state index in [2.05, 4.69) is 5.32 Å². The van der Waals surface area contributed by atoms with E-state index in [0.717, 1.165) is 5.56 Å². The van der Waals surface area contributed by atoms with E-state index in [1.165, 1.54) is 0 Å². The molecule has 0 heterocycles. The van der Waals surface area contributed by atoms with Crippen molar-refractivity contribution in [2.45, 2.75) is 37.8 Å². The maximum Gasteiger partial charge on any atom is 0.326 e. The lowest BCUT2D eigenvalue weighted by Gasteiger charge is -2.17. The van der Waals surface area contributed by atoms with Crippen molar-refractivity contribution in [1.82, 2.24) is 5.32 Å². The highest BCUT2D eigenvalue weighted by Gasteiger charge is 2.23. The van der Waals surface area contributed by atoms with Gasteiger partial charge in [0, 0.05) is 6.42 Å². The van der Waals surface area contributed by atoms with Gasteiger partial charge in [0.1, 0.15) is 6.04 Å². The van der Waals surface area contributed by atoms with Crippen LogP contribution in [-0.4, -0.2) is 35.0 Å². The van der Waals surface area contributed by atoms with E-state index in [1.54, 1.807) is 0 Å². The first-order valence-corrected chi connectivity index (χ1v) is 7.01. The Bertz CT molecular complexity index is 519. The molecule has 0 radical (unpaired) electrons. The van der Waals surface area contributed by atoms with Gasteiger partial charge in [0.15, 0.2) is 0 Å². The Hall–Kier alpha value is -2.41. The first kappa shape index (κ1) is 17.6. The van der Waals surface area contributed by atoms with Crippen LogP contribution < -0.4 is 16.8 Å². The number of benzene rings is 1. The maximum atomic E-state index is 11.9. The van der Waals surface area contributed by atoms with Gasteiger partial charge in [-0.15, -0.1) is 0 Å². The first-order chi connectivity index (χ1) is 10.4. The molecular weight excluding hydrogens is 286 g/mol. The molecule has 1 rings (SSSR count). The molecule has 1 aromatic rings. The van der Waals surface area contributed by atoms with Crippen LogP contribution in [0.15, 0.2) is 30.3 Å². The molecule has 22 heavy (non-hydrogen) atoms. The number of carbonyl (C=O) groups is 3. The monoisotopic (exact) mass is 307 g/mol. The molecule has 2 atom stereocenters. The molecule has 0 bridgehead atoms. The number of aryl methyl sites for hydroxylation is 1. The zero-order valence-corrected chi connectivity index (χ0v) is 12.2. The Morgan fingerprint density at radius 1 is 1.14 bits per heavy atom. The molecule has 0 unspecified atom stereocenters. The third kappa shape index (κ3) is 6.36. The van der Waals surface area contributed by atoms with Gasteiger partial charge in [-0.3, -0.25) is 9.59 Å². The third-order valence-electron chi connectivity index (χ3n) is 3.22. The van der Waals surface area contributed by atoms with Crippen molar-refractivity contribution in [2.24, 2.45) is 11.5 Å². The summed E-state index contributed by atoms with van der Waals surface area (Å²) in [6.45, 7) is 0. The second-order valence-corrected chi connectivity index (χ2v) is 5.04. The smallest absolute Gasteiger partial charge is 0.326 e. The Morgan fingerprint density at radius 3 is 2.32 bits per heavy atom. The van der Waals surface area contributed by atoms with Crippen molar-refractivity contribution in [3.63, 3.8) is 0 Å². The van der Waals surface area contributed by atoms with E-state index in [-0.39, 0.29) is 12.8 Å². The third-order valence-corrected chi connectivity index (χ3v) is 3.22. The minimum Gasteiger partial charge on any atom is -0.480 e. The summed E-state index contributed by atoms with van der Waals surface area (Å²) in [4.78, 5) is 33.6. The van der Waals surface area contributed by atoms with Crippen LogP contribution in [0.1, 0.15) is 24.8 Å². The number of carbonyl (C=O) groups excluding carboxylic acids is 2. The Balaban J connectivity index is 2.46. The SMILES string of the molecule is NC(=O)CC[C@H](NC(=O)[C@H](N)CCc1ccccc1)C(=O)O. The Labute approximate surface area is 128 Å². The fraction of sp³-hybridized carbons (Fsp3) is 0.400. The summed E-state index contributed by atoms with van der Waals surface area (Å²) < 4.78 is 0. The first-order valence-electron chi connectivity index (χ1n) is 7.01. The summed E-state index contributed by atoms with van der Waals surface area (Å²) in [5, 5.41) is 11.4. The number of carboxylic acid groups (broad SMARTS) is 1. The summed E-state index contributed by atoms with van der Waals surface area (Å²) in [5.41, 5.74) is 11.8. The van der Waals surface area contributed by atoms with Gasteiger partial charge < -0.3 is 21.9 Å². The van der Waals surface area contributed by atoms with Crippen molar-refractivity contribution in [3.8, 4) is 0 Å². The topological polar surface area (TPSA) is 136 Å². The Morgan fingerprint density at radius 2 is 1.77 bits per heavy atom. The molecule has 0 saturated carbocycles. The van der Waals surface area contributed by atoms with E-state index in [1.807, 2.05) is 30.3 Å². The summed E-state index contributed by atoms with van der Waals surface area (Å²) in [5.74, 6) is -2.38. The van der Waals surface area contributed by atoms with Crippen molar-refractivity contribution in [1.29, 1.82) is 0 Å². The molecule has 6 N–H and O–H groups in total. The number of primary amides is 1. The predicted molar refractivity (Wildman–Crippen MR) is 80.7 cm³/mol. The predicted octanol–water partition coefficient (Wildman–Crippen LogP) is -0.219. The summed E-state index contributed by atoms with van der Waals surface area (Å²) >= 11 is 0. The average Bonchev–Trinajstić information content (AvgIpc) is 2.49. The van der Waals surface area contributed by atoms with Crippen LogP contribution >= 0.6 is 0 Å². The largest absolute Gasteiger partial charge is 0.480 e. The highest BCUT2D eigenvalue weighted by atomic mass is 16.4. The number of aliphatic carboxylic acids is 1. The van der Waals surface area contributed by atoms with E-state index in [9.17, 15) is 14.4 Å². The van der Waals surface area contributed by atoms with Crippen LogP contribution in [0.5, 0.6) is 0 Å². The molecule has 120 valence electrons. The standard InChI is InChI=1S/C15H21N3O4/c16-11(7-6-10-4-2-1-3-5-10)14(20)18-12(15(21)22)8-9-13(17)19/h1-5,11-12H,6-9,16H2,(H2,17,19)(H,18,20)(H,21,22)/t11-,12+/m1/s1. The number of hydrogen-bond acceptors (Lipinski definition) is 4. The maximum absolute atomic E-state index is 11.9. The summed E-state index contributed by atoms with van der Waals surface area (Å²) in [7, 11) is 0. The lowest BCUT2D eigenvalue weighted by atomic mass is 10.0. The summed E-state index contributed by atoms with van der Waals surface area (Å²) in [6, 6.07) is 7.57. The zero-order chi connectivity index (χ0) is 16.5. The van der Waals surface area contributed by atoms with Gasteiger partial charge in [0.2, 0.25) is 11.8 Å². The van der Waals surface area contributed by atoms with Gasteiger partial charge in [0.25, 0.3) is 0 Å². The lowest BCUT2D eigenvalue weighted by Crippen LogP contribution is -2.48. The van der Waals surface area contributed by atoms with E-state index < -0.39 is 29.9 Å². The number of carboxylic acids is 1. The zero-order valence-electron chi connectivity index (χ0n) is 12.2. The second kappa shape index (κ2) is 8.78. The number of nitrogens with two attached hydrogens (primary N) is 2. The van der Waals surface area contributed by atoms with E-state index in [4.69, 9.17) is 16.6 Å². The number of amides is 2. The molecular formula is C15H21N3O4. The molecule has 0 aliphatic heterocycles. The van der Waals surface area contributed by atoms with Crippen LogP contribution in [-0.2, 0) is 20.8 Å². The molecule has 0 fully saturated rings. The van der Waals surface area contributed by atoms with Gasteiger partial charge in [-0.25, -0.2) is 4.79 Å². The number of rotatable bonds is 9. The molecule has 0 aliphatic carbocycles. The van der Waals surface area contributed by atoms with Gasteiger partial charge in [-0.05, 0) is 24.8 Å². The number of nitrogens with one attached hydrogen (secondary N) is 1. The molecule has 0 aromatic heterocycles. The van der Waals surface area contributed by atoms with Crippen molar-refractivity contribution < 1.29 is 19.5 Å². The fourth-order valence-electron chi connectivity index (χ4n) is 1.92. The molecule has 2 amide bonds. The molecule has 0 saturated heterocycles. The van der Waals surface area contributed by atoms with E-state index >= 15 is 0 Å². The highest BCUT2D eigenvalue weighted by Crippen LogP contribution is 2.05. The molecule has 1 aromatic carbocycles. The lowest BCUT2D eigenvalue weighted by molar-refractivity contribution is -0.142. The second-order valence-electron chi connectivity index (χ2n) is 5.04. The molecule has 0 spiro atoms. The van der Waals surface area contributed by atoms with Crippen LogP contribution in [0, 0.1) is 0 Å². The van der Waals surface area contributed by atoms with Crippen molar-refractivity contribution >= 4 is 17.8 Å². The number of hydrogen-bond donors (Lipinski definition) is 4.